The number of furan rings is 1. The number of fused-ring (bicyclic) bond motifs is 1. The largest absolute Gasteiger partial charge is 0.468 e. The number of pyridine rings is 1. The maximum absolute atomic E-state index is 13.4. The van der Waals surface area contributed by atoms with Gasteiger partial charge in [-0.1, -0.05) is 30.3 Å². The van der Waals surface area contributed by atoms with E-state index in [1.807, 2.05) is 37.3 Å². The van der Waals surface area contributed by atoms with E-state index in [-0.39, 0.29) is 17.0 Å². The molecule has 4 rings (SSSR count). The Balaban J connectivity index is 1.92. The van der Waals surface area contributed by atoms with Crippen molar-refractivity contribution in [1.82, 2.24) is 4.57 Å². The van der Waals surface area contributed by atoms with Crippen LogP contribution < -0.4 is 16.0 Å². The van der Waals surface area contributed by atoms with Crippen LogP contribution in [-0.4, -0.2) is 4.57 Å². The lowest BCUT2D eigenvalue weighted by Gasteiger charge is -2.26. The first-order valence-corrected chi connectivity index (χ1v) is 8.49. The van der Waals surface area contributed by atoms with Crippen molar-refractivity contribution < 1.29 is 9.15 Å². The minimum absolute atomic E-state index is 0.00832. The van der Waals surface area contributed by atoms with E-state index in [1.165, 1.54) is 6.26 Å². The average Bonchev–Trinajstić information content (AvgIpc) is 3.19. The van der Waals surface area contributed by atoms with E-state index < -0.39 is 5.92 Å². The van der Waals surface area contributed by atoms with Crippen LogP contribution in [0.4, 0.5) is 0 Å². The number of hydrogen-bond donors (Lipinski definition) is 1. The summed E-state index contributed by atoms with van der Waals surface area (Å²) in [5.41, 5.74) is 8.00. The van der Waals surface area contributed by atoms with Crippen molar-refractivity contribution in [3.05, 3.63) is 99.2 Å². The highest BCUT2D eigenvalue weighted by atomic mass is 16.5. The molecular weight excluding hydrogens is 342 g/mol. The predicted octanol–water partition coefficient (Wildman–Crippen LogP) is 3.02. The summed E-state index contributed by atoms with van der Waals surface area (Å²) in [5.74, 6) is 0.140. The summed E-state index contributed by atoms with van der Waals surface area (Å²) in [6.07, 6.45) is 1.51. The standard InChI is InChI=1S/C21H17N3O3/c1-13-10-17-19(21(25)24(13)12-14-6-3-2-4-7-14)18(16-8-5-9-26-16)15(11-22)20(23)27-17/h2-10,18H,12,23H2,1H3. The molecule has 0 amide bonds. The van der Waals surface area contributed by atoms with E-state index in [4.69, 9.17) is 14.9 Å². The number of nitrogens with two attached hydrogens (primary N) is 1. The second-order valence-corrected chi connectivity index (χ2v) is 6.38. The molecule has 0 saturated carbocycles. The third-order valence-electron chi connectivity index (χ3n) is 4.70. The quantitative estimate of drug-likeness (QED) is 0.776. The molecule has 3 heterocycles. The maximum Gasteiger partial charge on any atom is 0.259 e. The lowest BCUT2D eigenvalue weighted by Crippen LogP contribution is -2.32. The fourth-order valence-corrected chi connectivity index (χ4v) is 3.39. The van der Waals surface area contributed by atoms with Crippen LogP contribution in [-0.2, 0) is 6.54 Å². The van der Waals surface area contributed by atoms with Gasteiger partial charge >= 0.3 is 0 Å². The molecule has 27 heavy (non-hydrogen) atoms. The molecule has 2 N–H and O–H groups in total. The van der Waals surface area contributed by atoms with Gasteiger partial charge in [0.25, 0.3) is 5.56 Å². The second-order valence-electron chi connectivity index (χ2n) is 6.38. The van der Waals surface area contributed by atoms with Gasteiger partial charge in [-0.2, -0.15) is 5.26 Å². The predicted molar refractivity (Wildman–Crippen MR) is 99.0 cm³/mol. The molecule has 1 unspecified atom stereocenters. The fraction of sp³-hybridized carbons (Fsp3) is 0.143. The Morgan fingerprint density at radius 1 is 1.22 bits per heavy atom. The third kappa shape index (κ3) is 2.79. The maximum atomic E-state index is 13.4. The number of nitriles is 1. The Kier molecular flexibility index (Phi) is 4.05. The van der Waals surface area contributed by atoms with Gasteiger partial charge in [0.2, 0.25) is 5.88 Å². The molecule has 0 fully saturated rings. The van der Waals surface area contributed by atoms with Gasteiger partial charge in [-0.15, -0.1) is 0 Å². The molecule has 0 spiro atoms. The summed E-state index contributed by atoms with van der Waals surface area (Å²) in [7, 11) is 0. The van der Waals surface area contributed by atoms with Crippen LogP contribution in [0.2, 0.25) is 0 Å². The second kappa shape index (κ2) is 6.54. The van der Waals surface area contributed by atoms with E-state index in [9.17, 15) is 10.1 Å². The Labute approximate surface area is 155 Å². The normalized spacial score (nSPS) is 15.8. The molecule has 0 radical (unpaired) electrons. The van der Waals surface area contributed by atoms with Crippen LogP contribution in [0.25, 0.3) is 0 Å². The van der Waals surface area contributed by atoms with Gasteiger partial charge < -0.3 is 19.5 Å². The fourth-order valence-electron chi connectivity index (χ4n) is 3.39. The average molecular weight is 359 g/mol. The Morgan fingerprint density at radius 2 is 2.00 bits per heavy atom. The van der Waals surface area contributed by atoms with Gasteiger partial charge in [-0.25, -0.2) is 0 Å². The van der Waals surface area contributed by atoms with Crippen molar-refractivity contribution in [2.24, 2.45) is 5.73 Å². The molecule has 134 valence electrons. The number of aromatic nitrogens is 1. The molecular formula is C21H17N3O3. The summed E-state index contributed by atoms with van der Waals surface area (Å²) in [5, 5.41) is 9.59. The first kappa shape index (κ1) is 16.7. The third-order valence-corrected chi connectivity index (χ3v) is 4.70. The Hall–Kier alpha value is -3.72. The molecule has 1 atom stereocenters. The van der Waals surface area contributed by atoms with Crippen molar-refractivity contribution in [2.75, 3.05) is 0 Å². The van der Waals surface area contributed by atoms with Crippen molar-refractivity contribution >= 4 is 0 Å². The van der Waals surface area contributed by atoms with Crippen LogP contribution in [0, 0.1) is 18.3 Å². The van der Waals surface area contributed by atoms with Gasteiger partial charge in [-0.3, -0.25) is 4.79 Å². The highest BCUT2D eigenvalue weighted by Crippen LogP contribution is 2.40. The van der Waals surface area contributed by atoms with E-state index >= 15 is 0 Å². The van der Waals surface area contributed by atoms with Crippen LogP contribution in [0.1, 0.15) is 28.5 Å². The number of ether oxygens (including phenoxy) is 1. The first-order valence-electron chi connectivity index (χ1n) is 8.49. The minimum Gasteiger partial charge on any atom is -0.468 e. The summed E-state index contributed by atoms with van der Waals surface area (Å²) < 4.78 is 12.8. The van der Waals surface area contributed by atoms with E-state index in [1.54, 1.807) is 22.8 Å². The van der Waals surface area contributed by atoms with Gasteiger partial charge in [0.15, 0.2) is 0 Å². The van der Waals surface area contributed by atoms with E-state index in [2.05, 4.69) is 6.07 Å². The molecule has 0 aliphatic carbocycles. The molecule has 6 nitrogen and oxygen atoms in total. The number of nitrogens with zero attached hydrogens (tertiary/aromatic N) is 2. The molecule has 6 heteroatoms. The topological polar surface area (TPSA) is 94.2 Å². The zero-order valence-electron chi connectivity index (χ0n) is 14.7. The first-order chi connectivity index (χ1) is 13.1. The van der Waals surface area contributed by atoms with E-state index in [0.29, 0.717) is 23.6 Å². The highest BCUT2D eigenvalue weighted by molar-refractivity contribution is 5.53. The molecule has 3 aromatic rings. The van der Waals surface area contributed by atoms with Gasteiger partial charge in [0, 0.05) is 11.8 Å². The lowest BCUT2D eigenvalue weighted by atomic mass is 9.88. The minimum atomic E-state index is -0.691. The number of hydrogen-bond acceptors (Lipinski definition) is 5. The zero-order valence-corrected chi connectivity index (χ0v) is 14.7. The van der Waals surface area contributed by atoms with E-state index in [0.717, 1.165) is 11.3 Å². The van der Waals surface area contributed by atoms with Crippen molar-refractivity contribution in [1.29, 1.82) is 5.26 Å². The molecule has 0 saturated heterocycles. The van der Waals surface area contributed by atoms with Crippen molar-refractivity contribution in [3.63, 3.8) is 0 Å². The van der Waals surface area contributed by atoms with Gasteiger partial charge in [0.05, 0.1) is 24.3 Å². The van der Waals surface area contributed by atoms with Crippen LogP contribution in [0.15, 0.2) is 75.5 Å². The summed E-state index contributed by atoms with van der Waals surface area (Å²) in [4.78, 5) is 13.4. The summed E-state index contributed by atoms with van der Waals surface area (Å²) in [6, 6.07) is 17.0. The summed E-state index contributed by atoms with van der Waals surface area (Å²) in [6.45, 7) is 2.26. The van der Waals surface area contributed by atoms with Crippen LogP contribution in [0.5, 0.6) is 5.75 Å². The molecule has 1 aliphatic rings. The van der Waals surface area contributed by atoms with Crippen molar-refractivity contribution in [3.8, 4) is 11.8 Å². The Bertz CT molecular complexity index is 1120. The number of rotatable bonds is 3. The zero-order chi connectivity index (χ0) is 19.0. The number of aryl methyl sites for hydroxylation is 1. The summed E-state index contributed by atoms with van der Waals surface area (Å²) >= 11 is 0. The van der Waals surface area contributed by atoms with Crippen LogP contribution in [0.3, 0.4) is 0 Å². The van der Waals surface area contributed by atoms with Gasteiger partial charge in [0.1, 0.15) is 23.2 Å². The molecule has 2 aromatic heterocycles. The SMILES string of the molecule is Cc1cc2c(c(=O)n1Cc1ccccc1)C(c1ccco1)C(C#N)=C(N)O2. The monoisotopic (exact) mass is 359 g/mol. The highest BCUT2D eigenvalue weighted by Gasteiger charge is 2.35. The smallest absolute Gasteiger partial charge is 0.259 e. The number of allylic oxidation sites excluding steroid dienone is 1. The molecule has 1 aromatic carbocycles. The lowest BCUT2D eigenvalue weighted by molar-refractivity contribution is 0.379. The van der Waals surface area contributed by atoms with Gasteiger partial charge in [-0.05, 0) is 24.6 Å². The molecule has 0 bridgehead atoms. The number of benzene rings is 1. The van der Waals surface area contributed by atoms with Crippen molar-refractivity contribution in [2.45, 2.75) is 19.4 Å². The van der Waals surface area contributed by atoms with Crippen LogP contribution >= 0.6 is 0 Å². The Morgan fingerprint density at radius 3 is 2.67 bits per heavy atom. The molecule has 1 aliphatic heterocycles.